The van der Waals surface area contributed by atoms with Crippen LogP contribution in [0.2, 0.25) is 0 Å². The number of para-hydroxylation sites is 1. The summed E-state index contributed by atoms with van der Waals surface area (Å²) in [7, 11) is 0. The van der Waals surface area contributed by atoms with E-state index in [-0.39, 0.29) is 6.04 Å². The molecule has 1 atom stereocenters. The molecule has 5 nitrogen and oxygen atoms in total. The van der Waals surface area contributed by atoms with Crippen molar-refractivity contribution >= 4 is 5.82 Å². The van der Waals surface area contributed by atoms with Crippen molar-refractivity contribution in [2.75, 3.05) is 24.6 Å². The van der Waals surface area contributed by atoms with Gasteiger partial charge in [-0.05, 0) is 31.9 Å². The van der Waals surface area contributed by atoms with Crippen LogP contribution in [0.3, 0.4) is 0 Å². The van der Waals surface area contributed by atoms with Gasteiger partial charge in [-0.2, -0.15) is 5.10 Å². The van der Waals surface area contributed by atoms with E-state index in [0.29, 0.717) is 6.61 Å². The maximum Gasteiger partial charge on any atom is 0.151 e. The highest BCUT2D eigenvalue weighted by atomic mass is 16.5. The van der Waals surface area contributed by atoms with E-state index >= 15 is 0 Å². The molecule has 0 amide bonds. The second kappa shape index (κ2) is 6.18. The van der Waals surface area contributed by atoms with Crippen molar-refractivity contribution < 1.29 is 4.74 Å². The molecule has 0 spiro atoms. The molecule has 3 rings (SSSR count). The first-order valence-electron chi connectivity index (χ1n) is 7.56. The van der Waals surface area contributed by atoms with E-state index < -0.39 is 0 Å². The number of nitrogens with zero attached hydrogens (tertiary/aromatic N) is 2. The van der Waals surface area contributed by atoms with Crippen molar-refractivity contribution in [3.63, 3.8) is 0 Å². The molecule has 1 aromatic heterocycles. The smallest absolute Gasteiger partial charge is 0.151 e. The van der Waals surface area contributed by atoms with Gasteiger partial charge in [0.25, 0.3) is 0 Å². The number of benzene rings is 1. The van der Waals surface area contributed by atoms with E-state index in [2.05, 4.69) is 21.2 Å². The lowest BCUT2D eigenvalue weighted by atomic mass is 10.1. The zero-order valence-electron chi connectivity index (χ0n) is 12.4. The van der Waals surface area contributed by atoms with Gasteiger partial charge in [0, 0.05) is 30.8 Å². The SMILES string of the molecule is CCOc1ccccc1-c1cc(N2CCCC(N)C2)n[nH]1. The van der Waals surface area contributed by atoms with Crippen LogP contribution >= 0.6 is 0 Å². The van der Waals surface area contributed by atoms with Gasteiger partial charge in [0.1, 0.15) is 5.75 Å². The molecule has 1 aromatic carbocycles. The van der Waals surface area contributed by atoms with Gasteiger partial charge in [-0.1, -0.05) is 12.1 Å². The highest BCUT2D eigenvalue weighted by molar-refractivity contribution is 5.69. The molecule has 5 heteroatoms. The highest BCUT2D eigenvalue weighted by Crippen LogP contribution is 2.30. The molecule has 1 saturated heterocycles. The van der Waals surface area contributed by atoms with Gasteiger partial charge in [0.05, 0.1) is 12.3 Å². The maximum atomic E-state index is 6.04. The van der Waals surface area contributed by atoms with Crippen molar-refractivity contribution in [3.05, 3.63) is 30.3 Å². The summed E-state index contributed by atoms with van der Waals surface area (Å²) in [5.41, 5.74) is 8.07. The molecule has 1 aliphatic rings. The number of ether oxygens (including phenoxy) is 1. The number of aromatic amines is 1. The van der Waals surface area contributed by atoms with Crippen LogP contribution in [0.25, 0.3) is 11.3 Å². The third-order valence-electron chi connectivity index (χ3n) is 3.82. The minimum Gasteiger partial charge on any atom is -0.493 e. The fraction of sp³-hybridized carbons (Fsp3) is 0.438. The van der Waals surface area contributed by atoms with Crippen molar-refractivity contribution in [1.82, 2.24) is 10.2 Å². The molecule has 1 aliphatic heterocycles. The van der Waals surface area contributed by atoms with Crippen molar-refractivity contribution in [3.8, 4) is 17.0 Å². The van der Waals surface area contributed by atoms with E-state index in [9.17, 15) is 0 Å². The number of nitrogens with two attached hydrogens (primary N) is 1. The average Bonchev–Trinajstić information content (AvgIpc) is 2.98. The molecular weight excluding hydrogens is 264 g/mol. The van der Waals surface area contributed by atoms with Crippen molar-refractivity contribution in [1.29, 1.82) is 0 Å². The summed E-state index contributed by atoms with van der Waals surface area (Å²) in [6, 6.07) is 10.3. The largest absolute Gasteiger partial charge is 0.493 e. The van der Waals surface area contributed by atoms with Gasteiger partial charge in [0.15, 0.2) is 5.82 Å². The van der Waals surface area contributed by atoms with E-state index in [0.717, 1.165) is 48.8 Å². The first-order valence-corrected chi connectivity index (χ1v) is 7.56. The number of hydrogen-bond acceptors (Lipinski definition) is 4. The standard InChI is InChI=1S/C16H22N4O/c1-2-21-15-8-4-3-7-13(15)14-10-16(19-18-14)20-9-5-6-12(17)11-20/h3-4,7-8,10,12H,2,5-6,9,11,17H2,1H3,(H,18,19). The number of anilines is 1. The number of H-pyrrole nitrogens is 1. The number of rotatable bonds is 4. The lowest BCUT2D eigenvalue weighted by Gasteiger charge is -2.30. The monoisotopic (exact) mass is 286 g/mol. The summed E-state index contributed by atoms with van der Waals surface area (Å²) >= 11 is 0. The zero-order chi connectivity index (χ0) is 14.7. The number of aromatic nitrogens is 2. The lowest BCUT2D eigenvalue weighted by Crippen LogP contribution is -2.43. The average molecular weight is 286 g/mol. The first kappa shape index (κ1) is 13.9. The van der Waals surface area contributed by atoms with Gasteiger partial charge in [-0.25, -0.2) is 0 Å². The van der Waals surface area contributed by atoms with Crippen LogP contribution in [0.15, 0.2) is 30.3 Å². The summed E-state index contributed by atoms with van der Waals surface area (Å²) in [5, 5.41) is 7.56. The topological polar surface area (TPSA) is 67.2 Å². The van der Waals surface area contributed by atoms with Crippen LogP contribution in [0.5, 0.6) is 5.75 Å². The van der Waals surface area contributed by atoms with Crippen molar-refractivity contribution in [2.24, 2.45) is 5.73 Å². The Hall–Kier alpha value is -2.01. The van der Waals surface area contributed by atoms with Crippen LogP contribution in [0.4, 0.5) is 5.82 Å². The normalized spacial score (nSPS) is 18.8. The van der Waals surface area contributed by atoms with Gasteiger partial charge in [-0.15, -0.1) is 0 Å². The molecule has 1 unspecified atom stereocenters. The maximum absolute atomic E-state index is 6.04. The fourth-order valence-corrected chi connectivity index (χ4v) is 2.80. The van der Waals surface area contributed by atoms with Gasteiger partial charge >= 0.3 is 0 Å². The number of nitrogens with one attached hydrogen (secondary N) is 1. The Labute approximate surface area is 125 Å². The third-order valence-corrected chi connectivity index (χ3v) is 3.82. The van der Waals surface area contributed by atoms with Crippen LogP contribution in [-0.2, 0) is 0 Å². The predicted molar refractivity (Wildman–Crippen MR) is 84.6 cm³/mol. The minimum atomic E-state index is 0.245. The molecule has 1 fully saturated rings. The predicted octanol–water partition coefficient (Wildman–Crippen LogP) is 2.40. The molecule has 0 bridgehead atoms. The van der Waals surface area contributed by atoms with E-state index in [1.807, 2.05) is 31.2 Å². The second-order valence-corrected chi connectivity index (χ2v) is 5.42. The molecule has 21 heavy (non-hydrogen) atoms. The molecule has 0 radical (unpaired) electrons. The number of piperidine rings is 1. The van der Waals surface area contributed by atoms with E-state index in [4.69, 9.17) is 10.5 Å². The second-order valence-electron chi connectivity index (χ2n) is 5.42. The first-order chi connectivity index (χ1) is 10.3. The Kier molecular flexibility index (Phi) is 4.10. The number of hydrogen-bond donors (Lipinski definition) is 2. The Morgan fingerprint density at radius 2 is 2.29 bits per heavy atom. The summed E-state index contributed by atoms with van der Waals surface area (Å²) in [4.78, 5) is 2.25. The Balaban J connectivity index is 1.84. The lowest BCUT2D eigenvalue weighted by molar-refractivity contribution is 0.341. The van der Waals surface area contributed by atoms with Gasteiger partial charge in [-0.3, -0.25) is 5.10 Å². The van der Waals surface area contributed by atoms with Crippen LogP contribution in [0, 0.1) is 0 Å². The summed E-state index contributed by atoms with van der Waals surface area (Å²) in [6.07, 6.45) is 2.22. The third kappa shape index (κ3) is 3.03. The molecule has 0 saturated carbocycles. The quantitative estimate of drug-likeness (QED) is 0.905. The van der Waals surface area contributed by atoms with E-state index in [1.165, 1.54) is 0 Å². The van der Waals surface area contributed by atoms with Crippen molar-refractivity contribution in [2.45, 2.75) is 25.8 Å². The molecular formula is C16H22N4O. The molecule has 112 valence electrons. The van der Waals surface area contributed by atoms with Crippen LogP contribution in [0.1, 0.15) is 19.8 Å². The molecule has 0 aliphatic carbocycles. The van der Waals surface area contributed by atoms with Crippen LogP contribution < -0.4 is 15.4 Å². The van der Waals surface area contributed by atoms with Crippen LogP contribution in [-0.4, -0.2) is 35.9 Å². The molecule has 3 N–H and O–H groups in total. The molecule has 2 aromatic rings. The van der Waals surface area contributed by atoms with E-state index in [1.54, 1.807) is 0 Å². The Morgan fingerprint density at radius 1 is 1.43 bits per heavy atom. The Morgan fingerprint density at radius 3 is 3.10 bits per heavy atom. The highest BCUT2D eigenvalue weighted by Gasteiger charge is 2.19. The zero-order valence-corrected chi connectivity index (χ0v) is 12.4. The summed E-state index contributed by atoms with van der Waals surface area (Å²) < 4.78 is 5.68. The summed E-state index contributed by atoms with van der Waals surface area (Å²) in [5.74, 6) is 1.84. The minimum absolute atomic E-state index is 0.245. The Bertz CT molecular complexity index is 595. The van der Waals surface area contributed by atoms with Gasteiger partial charge in [0.2, 0.25) is 0 Å². The summed E-state index contributed by atoms with van der Waals surface area (Å²) in [6.45, 7) is 4.53. The van der Waals surface area contributed by atoms with Gasteiger partial charge < -0.3 is 15.4 Å². The fourth-order valence-electron chi connectivity index (χ4n) is 2.80. The molecule has 2 heterocycles.